The van der Waals surface area contributed by atoms with E-state index in [1.165, 1.54) is 0 Å². The molecule has 0 saturated carbocycles. The van der Waals surface area contributed by atoms with Crippen LogP contribution in [0.1, 0.15) is 5.69 Å². The van der Waals surface area contributed by atoms with Crippen molar-refractivity contribution >= 4 is 16.9 Å². The summed E-state index contributed by atoms with van der Waals surface area (Å²) in [6, 6.07) is 13.2. The number of nitrogens with zero attached hydrogens (tertiary/aromatic N) is 4. The normalized spacial score (nSPS) is 10.9. The zero-order chi connectivity index (χ0) is 17.8. The number of imidazole rings is 1. The first kappa shape index (κ1) is 16.0. The van der Waals surface area contributed by atoms with Crippen LogP contribution in [0.2, 0.25) is 0 Å². The Morgan fingerprint density at radius 1 is 1.08 bits per heavy atom. The lowest BCUT2D eigenvalue weighted by Gasteiger charge is -2.08. The van der Waals surface area contributed by atoms with Crippen molar-refractivity contribution in [3.8, 4) is 11.5 Å². The number of benzene rings is 1. The van der Waals surface area contributed by atoms with Gasteiger partial charge in [0.15, 0.2) is 11.4 Å². The number of pyridine rings is 1. The minimum atomic E-state index is -0.0939. The van der Waals surface area contributed by atoms with E-state index in [4.69, 9.17) is 4.52 Å². The molecule has 130 valence electrons. The zero-order valence-electron chi connectivity index (χ0n) is 14.0. The number of nitrogens with one attached hydrogen (secondary N) is 1. The van der Waals surface area contributed by atoms with E-state index in [0.717, 1.165) is 16.9 Å². The third-order valence-corrected chi connectivity index (χ3v) is 4.06. The van der Waals surface area contributed by atoms with E-state index in [1.54, 1.807) is 12.4 Å². The van der Waals surface area contributed by atoms with E-state index >= 15 is 0 Å². The molecule has 0 atom stereocenters. The number of aromatic nitrogens is 4. The molecule has 7 nitrogen and oxygen atoms in total. The number of rotatable bonds is 6. The molecule has 0 fully saturated rings. The summed E-state index contributed by atoms with van der Waals surface area (Å²) >= 11 is 0. The minimum absolute atomic E-state index is 0.0939. The van der Waals surface area contributed by atoms with Crippen molar-refractivity contribution in [3.63, 3.8) is 0 Å². The number of carbonyl (C=O) groups is 1. The molecule has 4 rings (SSSR count). The Morgan fingerprint density at radius 3 is 2.85 bits per heavy atom. The number of hydrogen-bond acceptors (Lipinski definition) is 5. The highest BCUT2D eigenvalue weighted by atomic mass is 16.5. The molecule has 0 radical (unpaired) electrons. The summed E-state index contributed by atoms with van der Waals surface area (Å²) in [6.07, 6.45) is 5.53. The van der Waals surface area contributed by atoms with Crippen molar-refractivity contribution in [2.24, 2.45) is 0 Å². The van der Waals surface area contributed by atoms with Crippen molar-refractivity contribution in [1.82, 2.24) is 25.0 Å². The highest BCUT2D eigenvalue weighted by Gasteiger charge is 2.12. The van der Waals surface area contributed by atoms with E-state index < -0.39 is 0 Å². The molecule has 0 spiro atoms. The maximum absolute atomic E-state index is 12.2. The Bertz CT molecular complexity index is 1020. The van der Waals surface area contributed by atoms with Crippen LogP contribution in [0, 0.1) is 0 Å². The maximum atomic E-state index is 12.2. The fourth-order valence-corrected chi connectivity index (χ4v) is 2.81. The molecule has 3 heterocycles. The van der Waals surface area contributed by atoms with E-state index in [1.807, 2.05) is 53.2 Å². The molecule has 4 aromatic rings. The van der Waals surface area contributed by atoms with Gasteiger partial charge < -0.3 is 14.4 Å². The third-order valence-electron chi connectivity index (χ3n) is 4.06. The largest absolute Gasteiger partial charge is 0.356 e. The predicted octanol–water partition coefficient (Wildman–Crippen LogP) is 2.45. The monoisotopic (exact) mass is 347 g/mol. The number of fused-ring (bicyclic) bond motifs is 1. The van der Waals surface area contributed by atoms with Gasteiger partial charge in [0.25, 0.3) is 0 Å². The van der Waals surface area contributed by atoms with Crippen LogP contribution in [0.25, 0.3) is 22.5 Å². The van der Waals surface area contributed by atoms with Crippen molar-refractivity contribution in [1.29, 1.82) is 0 Å². The van der Waals surface area contributed by atoms with Crippen LogP contribution in [0.15, 0.2) is 65.6 Å². The molecule has 26 heavy (non-hydrogen) atoms. The lowest BCUT2D eigenvalue weighted by Crippen LogP contribution is -2.28. The van der Waals surface area contributed by atoms with Crippen LogP contribution in [0.4, 0.5) is 0 Å². The first-order valence-electron chi connectivity index (χ1n) is 8.34. The van der Waals surface area contributed by atoms with Gasteiger partial charge in [0, 0.05) is 37.1 Å². The van der Waals surface area contributed by atoms with Gasteiger partial charge in [0.05, 0.1) is 6.42 Å². The van der Waals surface area contributed by atoms with Crippen LogP contribution >= 0.6 is 0 Å². The summed E-state index contributed by atoms with van der Waals surface area (Å²) in [5.41, 5.74) is 2.14. The standard InChI is InChI=1S/C19H17N5O2/c25-18(13-16-14-5-1-2-7-17(14)26-23-16)21-9-11-24-12-10-22-19(24)15-6-3-4-8-20-15/h1-8,10,12H,9,11,13H2,(H,21,25). The SMILES string of the molecule is O=C(Cc1noc2ccccc12)NCCn1ccnc1-c1ccccn1. The number of amides is 1. The van der Waals surface area contributed by atoms with Crippen molar-refractivity contribution in [2.45, 2.75) is 13.0 Å². The smallest absolute Gasteiger partial charge is 0.226 e. The first-order valence-corrected chi connectivity index (χ1v) is 8.34. The van der Waals surface area contributed by atoms with E-state index in [0.29, 0.717) is 24.4 Å². The van der Waals surface area contributed by atoms with E-state index in [9.17, 15) is 4.79 Å². The lowest BCUT2D eigenvalue weighted by molar-refractivity contribution is -0.120. The molecule has 1 aromatic carbocycles. The molecule has 1 amide bonds. The summed E-state index contributed by atoms with van der Waals surface area (Å²) in [4.78, 5) is 20.9. The molecule has 1 N–H and O–H groups in total. The Morgan fingerprint density at radius 2 is 1.96 bits per heavy atom. The number of para-hydroxylation sites is 1. The quantitative estimate of drug-likeness (QED) is 0.579. The van der Waals surface area contributed by atoms with Crippen molar-refractivity contribution in [2.75, 3.05) is 6.54 Å². The second-order valence-electron chi connectivity index (χ2n) is 5.81. The van der Waals surface area contributed by atoms with Gasteiger partial charge in [0.1, 0.15) is 11.4 Å². The molecule has 0 aliphatic carbocycles. The fourth-order valence-electron chi connectivity index (χ4n) is 2.81. The van der Waals surface area contributed by atoms with Crippen LogP contribution in [0.5, 0.6) is 0 Å². The molecule has 0 saturated heterocycles. The summed E-state index contributed by atoms with van der Waals surface area (Å²) in [7, 11) is 0. The Labute approximate surface area is 149 Å². The Kier molecular flexibility index (Phi) is 4.42. The average molecular weight is 347 g/mol. The molecule has 0 unspecified atom stereocenters. The van der Waals surface area contributed by atoms with Crippen LogP contribution in [-0.4, -0.2) is 32.1 Å². The molecule has 0 aliphatic heterocycles. The molecule has 3 aromatic heterocycles. The third kappa shape index (κ3) is 3.32. The van der Waals surface area contributed by atoms with Crippen LogP contribution in [-0.2, 0) is 17.8 Å². The van der Waals surface area contributed by atoms with Crippen molar-refractivity contribution in [3.05, 3.63) is 66.7 Å². The van der Waals surface area contributed by atoms with Gasteiger partial charge in [-0.3, -0.25) is 9.78 Å². The number of hydrogen-bond donors (Lipinski definition) is 1. The Balaban J connectivity index is 1.35. The minimum Gasteiger partial charge on any atom is -0.356 e. The van der Waals surface area contributed by atoms with E-state index in [-0.39, 0.29) is 12.3 Å². The van der Waals surface area contributed by atoms with Crippen molar-refractivity contribution < 1.29 is 9.32 Å². The molecule has 7 heteroatoms. The average Bonchev–Trinajstić information content (AvgIpc) is 3.30. The van der Waals surface area contributed by atoms with Crippen LogP contribution < -0.4 is 5.32 Å². The molecule has 0 aliphatic rings. The topological polar surface area (TPSA) is 85.8 Å². The fraction of sp³-hybridized carbons (Fsp3) is 0.158. The Hall–Kier alpha value is -3.48. The van der Waals surface area contributed by atoms with Crippen LogP contribution in [0.3, 0.4) is 0 Å². The zero-order valence-corrected chi connectivity index (χ0v) is 14.0. The summed E-state index contributed by atoms with van der Waals surface area (Å²) in [6.45, 7) is 1.10. The summed E-state index contributed by atoms with van der Waals surface area (Å²) in [5, 5.41) is 7.77. The second kappa shape index (κ2) is 7.18. The van der Waals surface area contributed by atoms with E-state index in [2.05, 4.69) is 20.4 Å². The van der Waals surface area contributed by atoms with Gasteiger partial charge in [-0.2, -0.15) is 0 Å². The van der Waals surface area contributed by atoms with Gasteiger partial charge in [-0.1, -0.05) is 23.4 Å². The highest BCUT2D eigenvalue weighted by molar-refractivity contribution is 5.86. The molecular weight excluding hydrogens is 330 g/mol. The lowest BCUT2D eigenvalue weighted by atomic mass is 10.1. The summed E-state index contributed by atoms with van der Waals surface area (Å²) < 4.78 is 7.20. The van der Waals surface area contributed by atoms with Gasteiger partial charge >= 0.3 is 0 Å². The summed E-state index contributed by atoms with van der Waals surface area (Å²) in [5.74, 6) is 0.686. The second-order valence-corrected chi connectivity index (χ2v) is 5.81. The predicted molar refractivity (Wildman–Crippen MR) is 96.2 cm³/mol. The number of carbonyl (C=O) groups excluding carboxylic acids is 1. The maximum Gasteiger partial charge on any atom is 0.226 e. The van der Waals surface area contributed by atoms with Gasteiger partial charge in [0.2, 0.25) is 5.91 Å². The van der Waals surface area contributed by atoms with Gasteiger partial charge in [-0.15, -0.1) is 0 Å². The first-order chi connectivity index (χ1) is 12.8. The van der Waals surface area contributed by atoms with Gasteiger partial charge in [-0.05, 0) is 24.3 Å². The molecular formula is C19H17N5O2. The van der Waals surface area contributed by atoms with Gasteiger partial charge in [-0.25, -0.2) is 4.98 Å². The highest BCUT2D eigenvalue weighted by Crippen LogP contribution is 2.18. The molecule has 0 bridgehead atoms.